The molecule has 5 nitrogen and oxygen atoms in total. The van der Waals surface area contributed by atoms with Crippen molar-refractivity contribution in [2.75, 3.05) is 0 Å². The summed E-state index contributed by atoms with van der Waals surface area (Å²) in [5.74, 6) is -0.116. The van der Waals surface area contributed by atoms with E-state index in [1.54, 1.807) is 18.6 Å². The Labute approximate surface area is 157 Å². The molecule has 0 atom stereocenters. The van der Waals surface area contributed by atoms with Crippen LogP contribution in [0.3, 0.4) is 0 Å². The van der Waals surface area contributed by atoms with Gasteiger partial charge in [0.1, 0.15) is 0 Å². The third kappa shape index (κ3) is 3.77. The molecule has 27 heavy (non-hydrogen) atoms. The summed E-state index contributed by atoms with van der Waals surface area (Å²) in [4.78, 5) is 21.1. The fourth-order valence-corrected chi connectivity index (χ4v) is 2.91. The first-order chi connectivity index (χ1) is 13.3. The van der Waals surface area contributed by atoms with Gasteiger partial charge < -0.3 is 9.88 Å². The molecular weight excluding hydrogens is 336 g/mol. The molecule has 0 spiro atoms. The van der Waals surface area contributed by atoms with Crippen molar-refractivity contribution in [3.05, 3.63) is 103 Å². The van der Waals surface area contributed by atoms with Crippen LogP contribution in [0.25, 0.3) is 16.9 Å². The van der Waals surface area contributed by atoms with Crippen LogP contribution in [0.4, 0.5) is 0 Å². The van der Waals surface area contributed by atoms with Crippen molar-refractivity contribution < 1.29 is 4.79 Å². The maximum atomic E-state index is 12.5. The second-order valence-corrected chi connectivity index (χ2v) is 6.07. The SMILES string of the molecule is O=C(NCc1cccnc1-c1cccnc1)c1ccc(-n2cccc2)cc1. The maximum Gasteiger partial charge on any atom is 0.251 e. The minimum atomic E-state index is -0.116. The van der Waals surface area contributed by atoms with Gasteiger partial charge in [0.05, 0.1) is 5.69 Å². The lowest BCUT2D eigenvalue weighted by atomic mass is 10.1. The smallest absolute Gasteiger partial charge is 0.251 e. The molecule has 3 aromatic heterocycles. The zero-order valence-electron chi connectivity index (χ0n) is 14.6. The number of amides is 1. The van der Waals surface area contributed by atoms with E-state index in [0.29, 0.717) is 12.1 Å². The van der Waals surface area contributed by atoms with Gasteiger partial charge in [0.2, 0.25) is 0 Å². The Morgan fingerprint density at radius 1 is 0.926 bits per heavy atom. The third-order valence-electron chi connectivity index (χ3n) is 4.30. The number of pyridine rings is 2. The Bertz CT molecular complexity index is 1030. The van der Waals surface area contributed by atoms with Crippen LogP contribution in [0.2, 0.25) is 0 Å². The molecule has 0 aliphatic carbocycles. The van der Waals surface area contributed by atoms with E-state index in [1.165, 1.54) is 0 Å². The number of hydrogen-bond acceptors (Lipinski definition) is 3. The van der Waals surface area contributed by atoms with Gasteiger partial charge in [0.25, 0.3) is 5.91 Å². The van der Waals surface area contributed by atoms with Gasteiger partial charge in [0.15, 0.2) is 0 Å². The van der Waals surface area contributed by atoms with Crippen molar-refractivity contribution in [1.82, 2.24) is 19.9 Å². The minimum absolute atomic E-state index is 0.116. The van der Waals surface area contributed by atoms with Crippen molar-refractivity contribution >= 4 is 5.91 Å². The Balaban J connectivity index is 1.47. The summed E-state index contributed by atoms with van der Waals surface area (Å²) in [5, 5.41) is 2.97. The highest BCUT2D eigenvalue weighted by Crippen LogP contribution is 2.20. The Hall–Kier alpha value is -3.73. The Kier molecular flexibility index (Phi) is 4.74. The van der Waals surface area contributed by atoms with Crippen molar-refractivity contribution in [1.29, 1.82) is 0 Å². The van der Waals surface area contributed by atoms with Gasteiger partial charge in [0, 0.05) is 54.3 Å². The van der Waals surface area contributed by atoms with E-state index < -0.39 is 0 Å². The van der Waals surface area contributed by atoms with Crippen LogP contribution in [0, 0.1) is 0 Å². The van der Waals surface area contributed by atoms with Crippen molar-refractivity contribution in [2.24, 2.45) is 0 Å². The molecule has 0 bridgehead atoms. The number of benzene rings is 1. The molecule has 0 unspecified atom stereocenters. The first-order valence-electron chi connectivity index (χ1n) is 8.67. The molecule has 0 fully saturated rings. The predicted molar refractivity (Wildman–Crippen MR) is 104 cm³/mol. The van der Waals surface area contributed by atoms with Crippen molar-refractivity contribution in [3.8, 4) is 16.9 Å². The van der Waals surface area contributed by atoms with Gasteiger partial charge >= 0.3 is 0 Å². The topological polar surface area (TPSA) is 59.8 Å². The highest BCUT2D eigenvalue weighted by atomic mass is 16.1. The summed E-state index contributed by atoms with van der Waals surface area (Å²) in [6.07, 6.45) is 9.18. The van der Waals surface area contributed by atoms with Gasteiger partial charge in [-0.05, 0) is 60.2 Å². The molecule has 3 heterocycles. The maximum absolute atomic E-state index is 12.5. The molecule has 1 aromatic carbocycles. The van der Waals surface area contributed by atoms with E-state index in [1.807, 2.05) is 77.6 Å². The third-order valence-corrected chi connectivity index (χ3v) is 4.30. The van der Waals surface area contributed by atoms with Crippen molar-refractivity contribution in [2.45, 2.75) is 6.54 Å². The molecule has 132 valence electrons. The molecular formula is C22H18N4O. The monoisotopic (exact) mass is 354 g/mol. The van der Waals surface area contributed by atoms with Gasteiger partial charge in [-0.25, -0.2) is 0 Å². The van der Waals surface area contributed by atoms with Crippen LogP contribution in [0.1, 0.15) is 15.9 Å². The van der Waals surface area contributed by atoms with E-state index in [2.05, 4.69) is 15.3 Å². The number of carbonyl (C=O) groups is 1. The summed E-state index contributed by atoms with van der Waals surface area (Å²) < 4.78 is 2.00. The van der Waals surface area contributed by atoms with Gasteiger partial charge in [-0.1, -0.05) is 6.07 Å². The van der Waals surface area contributed by atoms with Gasteiger partial charge in [-0.15, -0.1) is 0 Å². The Morgan fingerprint density at radius 2 is 1.70 bits per heavy atom. The number of aromatic nitrogens is 3. The molecule has 0 saturated carbocycles. The van der Waals surface area contributed by atoms with Crippen LogP contribution >= 0.6 is 0 Å². The van der Waals surface area contributed by atoms with E-state index in [9.17, 15) is 4.79 Å². The summed E-state index contributed by atoms with van der Waals surface area (Å²) in [6.45, 7) is 0.399. The predicted octanol–water partition coefficient (Wildman–Crippen LogP) is 3.86. The molecule has 4 aromatic rings. The molecule has 0 saturated heterocycles. The van der Waals surface area contributed by atoms with Gasteiger partial charge in [-0.3, -0.25) is 14.8 Å². The van der Waals surface area contributed by atoms with Crippen LogP contribution in [0.5, 0.6) is 0 Å². The van der Waals surface area contributed by atoms with Gasteiger partial charge in [-0.2, -0.15) is 0 Å². The first-order valence-corrected chi connectivity index (χ1v) is 8.67. The lowest BCUT2D eigenvalue weighted by Gasteiger charge is -2.10. The normalized spacial score (nSPS) is 10.5. The number of rotatable bonds is 5. The number of nitrogens with zero attached hydrogens (tertiary/aromatic N) is 3. The lowest BCUT2D eigenvalue weighted by molar-refractivity contribution is 0.0951. The van der Waals surface area contributed by atoms with Crippen LogP contribution in [-0.2, 0) is 6.54 Å². The molecule has 5 heteroatoms. The number of nitrogens with one attached hydrogen (secondary N) is 1. The molecule has 0 radical (unpaired) electrons. The Morgan fingerprint density at radius 3 is 2.44 bits per heavy atom. The summed E-state index contributed by atoms with van der Waals surface area (Å²) in [6, 6.07) is 19.1. The number of carbonyl (C=O) groups excluding carboxylic acids is 1. The highest BCUT2D eigenvalue weighted by molar-refractivity contribution is 5.94. The second-order valence-electron chi connectivity index (χ2n) is 6.07. The second kappa shape index (κ2) is 7.66. The zero-order chi connectivity index (χ0) is 18.5. The standard InChI is InChI=1S/C22H18N4O/c27-22(17-7-9-20(10-8-17)26-13-1-2-14-26)25-16-19-6-4-12-24-21(19)18-5-3-11-23-15-18/h1-15H,16H2,(H,25,27). The quantitative estimate of drug-likeness (QED) is 0.592. The average Bonchev–Trinajstić information content (AvgIpc) is 3.28. The van der Waals surface area contributed by atoms with Crippen LogP contribution in [-0.4, -0.2) is 20.4 Å². The molecule has 1 N–H and O–H groups in total. The molecule has 1 amide bonds. The van der Waals surface area contributed by atoms with E-state index in [4.69, 9.17) is 0 Å². The van der Waals surface area contributed by atoms with Crippen LogP contribution < -0.4 is 5.32 Å². The van der Waals surface area contributed by atoms with E-state index in [-0.39, 0.29) is 5.91 Å². The molecule has 4 rings (SSSR count). The summed E-state index contributed by atoms with van der Waals surface area (Å²) in [5.41, 5.74) is 4.34. The van der Waals surface area contributed by atoms with Crippen LogP contribution in [0.15, 0.2) is 91.6 Å². The average molecular weight is 354 g/mol. The largest absolute Gasteiger partial charge is 0.348 e. The minimum Gasteiger partial charge on any atom is -0.348 e. The lowest BCUT2D eigenvalue weighted by Crippen LogP contribution is -2.23. The molecule has 0 aliphatic rings. The van der Waals surface area contributed by atoms with E-state index >= 15 is 0 Å². The van der Waals surface area contributed by atoms with E-state index in [0.717, 1.165) is 22.5 Å². The van der Waals surface area contributed by atoms with Crippen molar-refractivity contribution in [3.63, 3.8) is 0 Å². The molecule has 0 aliphatic heterocycles. The zero-order valence-corrected chi connectivity index (χ0v) is 14.6. The number of hydrogen-bond donors (Lipinski definition) is 1. The highest BCUT2D eigenvalue weighted by Gasteiger charge is 2.10. The fourth-order valence-electron chi connectivity index (χ4n) is 2.91. The first kappa shape index (κ1) is 16.7. The summed E-state index contributed by atoms with van der Waals surface area (Å²) >= 11 is 0. The summed E-state index contributed by atoms with van der Waals surface area (Å²) in [7, 11) is 0. The fraction of sp³-hybridized carbons (Fsp3) is 0.0455.